The highest BCUT2D eigenvalue weighted by molar-refractivity contribution is 7.99. The Morgan fingerprint density at radius 2 is 1.97 bits per heavy atom. The Morgan fingerprint density at radius 1 is 1.19 bits per heavy atom. The number of hydrogen-bond donors (Lipinski definition) is 2. The number of thioether (sulfide) groups is 1. The third-order valence-electron chi connectivity index (χ3n) is 4.27. The Morgan fingerprint density at radius 3 is 2.68 bits per heavy atom. The highest BCUT2D eigenvalue weighted by Gasteiger charge is 2.20. The van der Waals surface area contributed by atoms with Gasteiger partial charge in [-0.3, -0.25) is 9.59 Å². The molecule has 7 nitrogen and oxygen atoms in total. The fourth-order valence-electron chi connectivity index (χ4n) is 2.85. The summed E-state index contributed by atoms with van der Waals surface area (Å²) in [6.07, 6.45) is 1.71. The van der Waals surface area contributed by atoms with Crippen LogP contribution < -0.4 is 10.6 Å². The number of carbonyl (C=O) groups is 2. The molecular weight excluding hydrogens is 434 g/mol. The molecule has 3 aromatic rings. The van der Waals surface area contributed by atoms with Crippen molar-refractivity contribution in [1.82, 2.24) is 20.1 Å². The van der Waals surface area contributed by atoms with E-state index in [4.69, 9.17) is 11.6 Å². The SMILES string of the molecule is C=CCn1c(SCC(=O)Nc2ccccc2)nnc1C(C)NC(=O)c1cccc(Cl)c1. The Balaban J connectivity index is 1.67. The van der Waals surface area contributed by atoms with E-state index in [0.29, 0.717) is 28.1 Å². The number of halogens is 1. The number of benzene rings is 2. The second-order valence-corrected chi connectivity index (χ2v) is 8.03. The molecule has 0 saturated carbocycles. The molecule has 31 heavy (non-hydrogen) atoms. The van der Waals surface area contributed by atoms with E-state index in [2.05, 4.69) is 27.4 Å². The van der Waals surface area contributed by atoms with Gasteiger partial charge in [-0.05, 0) is 37.3 Å². The maximum atomic E-state index is 12.5. The van der Waals surface area contributed by atoms with Crippen LogP contribution in [0.1, 0.15) is 29.1 Å². The average molecular weight is 456 g/mol. The van der Waals surface area contributed by atoms with Crippen molar-refractivity contribution in [2.45, 2.75) is 24.7 Å². The first-order chi connectivity index (χ1) is 15.0. The molecule has 2 aromatic carbocycles. The number of nitrogens with one attached hydrogen (secondary N) is 2. The molecule has 160 valence electrons. The summed E-state index contributed by atoms with van der Waals surface area (Å²) in [6.45, 7) is 6.05. The largest absolute Gasteiger partial charge is 0.342 e. The van der Waals surface area contributed by atoms with E-state index in [1.165, 1.54) is 11.8 Å². The molecule has 1 unspecified atom stereocenters. The van der Waals surface area contributed by atoms with Gasteiger partial charge in [-0.15, -0.1) is 16.8 Å². The molecule has 1 aromatic heterocycles. The minimum Gasteiger partial charge on any atom is -0.342 e. The van der Waals surface area contributed by atoms with E-state index < -0.39 is 6.04 Å². The van der Waals surface area contributed by atoms with Crippen LogP contribution in [0.5, 0.6) is 0 Å². The third-order valence-corrected chi connectivity index (χ3v) is 5.47. The molecule has 1 atom stereocenters. The van der Waals surface area contributed by atoms with Crippen molar-refractivity contribution in [2.75, 3.05) is 11.1 Å². The molecule has 2 amide bonds. The summed E-state index contributed by atoms with van der Waals surface area (Å²) in [6, 6.07) is 15.6. The van der Waals surface area contributed by atoms with Crippen LogP contribution in [0.25, 0.3) is 0 Å². The first-order valence-corrected chi connectivity index (χ1v) is 10.9. The number of nitrogens with zero attached hydrogens (tertiary/aromatic N) is 3. The van der Waals surface area contributed by atoms with Crippen molar-refractivity contribution in [1.29, 1.82) is 0 Å². The standard InChI is InChI=1S/C22H22ClN5O2S/c1-3-12-28-20(15(2)24-21(30)16-8-7-9-17(23)13-16)26-27-22(28)31-14-19(29)25-18-10-5-4-6-11-18/h3-11,13,15H,1,12,14H2,2H3,(H,24,30)(H,25,29). The van der Waals surface area contributed by atoms with Gasteiger partial charge in [0, 0.05) is 22.8 Å². The van der Waals surface area contributed by atoms with Gasteiger partial charge in [0.15, 0.2) is 11.0 Å². The summed E-state index contributed by atoms with van der Waals surface area (Å²) in [7, 11) is 0. The minimum absolute atomic E-state index is 0.145. The minimum atomic E-state index is -0.411. The topological polar surface area (TPSA) is 88.9 Å². The zero-order chi connectivity index (χ0) is 22.2. The van der Waals surface area contributed by atoms with E-state index in [-0.39, 0.29) is 17.6 Å². The zero-order valence-corrected chi connectivity index (χ0v) is 18.5. The molecule has 3 rings (SSSR count). The fourth-order valence-corrected chi connectivity index (χ4v) is 3.80. The van der Waals surface area contributed by atoms with Gasteiger partial charge in [0.2, 0.25) is 5.91 Å². The van der Waals surface area contributed by atoms with Gasteiger partial charge in [0.05, 0.1) is 11.8 Å². The van der Waals surface area contributed by atoms with Crippen molar-refractivity contribution in [3.05, 3.63) is 83.7 Å². The van der Waals surface area contributed by atoms with Crippen molar-refractivity contribution in [3.8, 4) is 0 Å². The van der Waals surface area contributed by atoms with E-state index in [9.17, 15) is 9.59 Å². The van der Waals surface area contributed by atoms with E-state index in [0.717, 1.165) is 5.69 Å². The zero-order valence-electron chi connectivity index (χ0n) is 16.9. The first kappa shape index (κ1) is 22.6. The number of carbonyl (C=O) groups excluding carboxylic acids is 2. The summed E-state index contributed by atoms with van der Waals surface area (Å²) in [5, 5.41) is 15.2. The summed E-state index contributed by atoms with van der Waals surface area (Å²) >= 11 is 7.24. The lowest BCUT2D eigenvalue weighted by Crippen LogP contribution is -2.28. The van der Waals surface area contributed by atoms with Crippen LogP contribution in [0.2, 0.25) is 5.02 Å². The lowest BCUT2D eigenvalue weighted by Gasteiger charge is -2.15. The molecule has 0 radical (unpaired) electrons. The molecule has 0 saturated heterocycles. The molecule has 9 heteroatoms. The first-order valence-electron chi connectivity index (χ1n) is 9.56. The number of amides is 2. The van der Waals surface area contributed by atoms with Crippen LogP contribution in [-0.4, -0.2) is 32.3 Å². The number of rotatable bonds is 9. The van der Waals surface area contributed by atoms with E-state index >= 15 is 0 Å². The Hall–Kier alpha value is -3.10. The Kier molecular flexibility index (Phi) is 7.86. The van der Waals surface area contributed by atoms with Crippen LogP contribution in [-0.2, 0) is 11.3 Å². The van der Waals surface area contributed by atoms with E-state index in [1.54, 1.807) is 30.3 Å². The lowest BCUT2D eigenvalue weighted by atomic mass is 10.2. The normalized spacial score (nSPS) is 11.5. The molecule has 2 N–H and O–H groups in total. The smallest absolute Gasteiger partial charge is 0.251 e. The van der Waals surface area contributed by atoms with Gasteiger partial charge in [-0.2, -0.15) is 0 Å². The van der Waals surface area contributed by atoms with Gasteiger partial charge in [0.25, 0.3) is 5.91 Å². The number of aromatic nitrogens is 3. The Labute approximate surface area is 189 Å². The van der Waals surface area contributed by atoms with Crippen LogP contribution in [0, 0.1) is 0 Å². The lowest BCUT2D eigenvalue weighted by molar-refractivity contribution is -0.113. The van der Waals surface area contributed by atoms with Gasteiger partial charge in [-0.1, -0.05) is 53.7 Å². The quantitative estimate of drug-likeness (QED) is 0.370. The fraction of sp³-hybridized carbons (Fsp3) is 0.182. The molecule has 0 spiro atoms. The summed E-state index contributed by atoms with van der Waals surface area (Å²) in [5.41, 5.74) is 1.19. The number of anilines is 1. The monoisotopic (exact) mass is 455 g/mol. The number of hydrogen-bond acceptors (Lipinski definition) is 5. The van der Waals surface area contributed by atoms with Crippen LogP contribution in [0.4, 0.5) is 5.69 Å². The van der Waals surface area contributed by atoms with Crippen molar-refractivity contribution < 1.29 is 9.59 Å². The van der Waals surface area contributed by atoms with Crippen molar-refractivity contribution >= 4 is 40.9 Å². The molecule has 0 fully saturated rings. The highest BCUT2D eigenvalue weighted by Crippen LogP contribution is 2.22. The van der Waals surface area contributed by atoms with Crippen LogP contribution in [0.15, 0.2) is 72.4 Å². The van der Waals surface area contributed by atoms with E-state index in [1.807, 2.05) is 41.8 Å². The average Bonchev–Trinajstić information content (AvgIpc) is 3.16. The molecule has 1 heterocycles. The summed E-state index contributed by atoms with van der Waals surface area (Å²) in [5.74, 6) is 0.335. The second kappa shape index (κ2) is 10.8. The molecule has 0 bridgehead atoms. The highest BCUT2D eigenvalue weighted by atomic mass is 35.5. The maximum absolute atomic E-state index is 12.5. The second-order valence-electron chi connectivity index (χ2n) is 6.65. The molecule has 0 aliphatic heterocycles. The summed E-state index contributed by atoms with van der Waals surface area (Å²) in [4.78, 5) is 24.8. The van der Waals surface area contributed by atoms with Gasteiger partial charge < -0.3 is 15.2 Å². The molecule has 0 aliphatic carbocycles. The molecule has 0 aliphatic rings. The molecular formula is C22H22ClN5O2S. The van der Waals surface area contributed by atoms with Crippen LogP contribution in [0.3, 0.4) is 0 Å². The van der Waals surface area contributed by atoms with Gasteiger partial charge in [0.1, 0.15) is 0 Å². The summed E-state index contributed by atoms with van der Waals surface area (Å²) < 4.78 is 1.83. The predicted molar refractivity (Wildman–Crippen MR) is 123 cm³/mol. The predicted octanol–water partition coefficient (Wildman–Crippen LogP) is 4.34. The van der Waals surface area contributed by atoms with Gasteiger partial charge in [-0.25, -0.2) is 0 Å². The maximum Gasteiger partial charge on any atom is 0.251 e. The van der Waals surface area contributed by atoms with Crippen molar-refractivity contribution in [2.24, 2.45) is 0 Å². The number of para-hydroxylation sites is 1. The third kappa shape index (κ3) is 6.19. The van der Waals surface area contributed by atoms with Crippen molar-refractivity contribution in [3.63, 3.8) is 0 Å². The Bertz CT molecular complexity index is 1070. The van der Waals surface area contributed by atoms with Gasteiger partial charge >= 0.3 is 0 Å². The number of allylic oxidation sites excluding steroid dienone is 1. The van der Waals surface area contributed by atoms with Crippen LogP contribution >= 0.6 is 23.4 Å².